The molecule has 0 saturated carbocycles. The molecule has 0 atom stereocenters. The molecule has 162 valence electrons. The van der Waals surface area contributed by atoms with Crippen LogP contribution < -0.4 is 10.6 Å². The predicted molar refractivity (Wildman–Crippen MR) is 126 cm³/mol. The molecule has 2 aromatic heterocycles. The van der Waals surface area contributed by atoms with E-state index < -0.39 is 0 Å². The van der Waals surface area contributed by atoms with Gasteiger partial charge in [0.2, 0.25) is 0 Å². The minimum absolute atomic E-state index is 0.165. The van der Waals surface area contributed by atoms with Crippen molar-refractivity contribution in [3.8, 4) is 0 Å². The Bertz CT molecular complexity index is 1320. The van der Waals surface area contributed by atoms with Gasteiger partial charge in [-0.3, -0.25) is 9.59 Å². The van der Waals surface area contributed by atoms with Gasteiger partial charge >= 0.3 is 0 Å². The van der Waals surface area contributed by atoms with E-state index in [1.165, 1.54) is 0 Å². The highest BCUT2D eigenvalue weighted by Crippen LogP contribution is 2.22. The highest BCUT2D eigenvalue weighted by atomic mass is 16.2. The molecule has 4 aromatic rings. The first kappa shape index (κ1) is 21.2. The van der Waals surface area contributed by atoms with Gasteiger partial charge < -0.3 is 10.6 Å². The van der Waals surface area contributed by atoms with Crippen LogP contribution in [0, 0.1) is 13.8 Å². The predicted octanol–water partition coefficient (Wildman–Crippen LogP) is 5.13. The Morgan fingerprint density at radius 1 is 0.906 bits per heavy atom. The van der Waals surface area contributed by atoms with Gasteiger partial charge in [-0.05, 0) is 63.6 Å². The van der Waals surface area contributed by atoms with Gasteiger partial charge in [-0.1, -0.05) is 24.3 Å². The van der Waals surface area contributed by atoms with Gasteiger partial charge in [-0.25, -0.2) is 9.67 Å². The Kier molecular flexibility index (Phi) is 5.73. The highest BCUT2D eigenvalue weighted by molar-refractivity contribution is 6.13. The zero-order chi connectivity index (χ0) is 22.8. The number of carbonyl (C=O) groups is 2. The van der Waals surface area contributed by atoms with Crippen molar-refractivity contribution in [2.24, 2.45) is 0 Å². The van der Waals surface area contributed by atoms with Crippen molar-refractivity contribution in [2.45, 2.75) is 33.7 Å². The SMILES string of the molecule is Cc1cccc(NC(=O)c2ccccc2NC(=O)c2cc3cnn(C(C)C)c3nc2C)c1. The molecule has 0 radical (unpaired) electrons. The third-order valence-electron chi connectivity index (χ3n) is 5.19. The third kappa shape index (κ3) is 4.23. The van der Waals surface area contributed by atoms with Gasteiger partial charge in [-0.15, -0.1) is 0 Å². The molecule has 0 bridgehead atoms. The summed E-state index contributed by atoms with van der Waals surface area (Å²) >= 11 is 0. The average Bonchev–Trinajstić information content (AvgIpc) is 3.16. The van der Waals surface area contributed by atoms with Crippen LogP contribution in [-0.4, -0.2) is 26.6 Å². The monoisotopic (exact) mass is 427 g/mol. The normalized spacial score (nSPS) is 11.0. The summed E-state index contributed by atoms with van der Waals surface area (Å²) in [6, 6.07) is 16.4. The van der Waals surface area contributed by atoms with Crippen molar-refractivity contribution in [1.29, 1.82) is 0 Å². The first-order valence-electron chi connectivity index (χ1n) is 10.5. The van der Waals surface area contributed by atoms with Crippen LogP contribution in [0.15, 0.2) is 60.8 Å². The number of amides is 2. The van der Waals surface area contributed by atoms with Crippen LogP contribution in [0.3, 0.4) is 0 Å². The molecule has 2 amide bonds. The number of nitrogens with zero attached hydrogens (tertiary/aromatic N) is 3. The first-order chi connectivity index (χ1) is 15.3. The molecule has 0 saturated heterocycles. The van der Waals surface area contributed by atoms with Crippen molar-refractivity contribution in [3.63, 3.8) is 0 Å². The number of benzene rings is 2. The van der Waals surface area contributed by atoms with Crippen molar-refractivity contribution in [2.75, 3.05) is 10.6 Å². The minimum atomic E-state index is -0.329. The number of hydrogen-bond acceptors (Lipinski definition) is 4. The molecule has 0 aliphatic carbocycles. The second kappa shape index (κ2) is 8.63. The summed E-state index contributed by atoms with van der Waals surface area (Å²) in [6.07, 6.45) is 1.71. The van der Waals surface area contributed by atoms with Gasteiger partial charge in [0.15, 0.2) is 5.65 Å². The molecule has 2 aromatic carbocycles. The molecule has 0 fully saturated rings. The summed E-state index contributed by atoms with van der Waals surface area (Å²) < 4.78 is 1.83. The summed E-state index contributed by atoms with van der Waals surface area (Å²) in [4.78, 5) is 30.6. The molecule has 2 heterocycles. The second-order valence-corrected chi connectivity index (χ2v) is 8.04. The zero-order valence-corrected chi connectivity index (χ0v) is 18.5. The van der Waals surface area contributed by atoms with Crippen LogP contribution >= 0.6 is 0 Å². The van der Waals surface area contributed by atoms with Gasteiger partial charge in [-0.2, -0.15) is 5.10 Å². The average molecular weight is 428 g/mol. The van der Waals surface area contributed by atoms with E-state index in [0.717, 1.165) is 16.6 Å². The fourth-order valence-electron chi connectivity index (χ4n) is 3.57. The Morgan fingerprint density at radius 2 is 1.66 bits per heavy atom. The van der Waals surface area contributed by atoms with E-state index in [0.29, 0.717) is 28.2 Å². The van der Waals surface area contributed by atoms with E-state index in [4.69, 9.17) is 0 Å². The topological polar surface area (TPSA) is 88.9 Å². The van der Waals surface area contributed by atoms with E-state index in [2.05, 4.69) is 20.7 Å². The molecular weight excluding hydrogens is 402 g/mol. The minimum Gasteiger partial charge on any atom is -0.322 e. The van der Waals surface area contributed by atoms with E-state index in [1.54, 1.807) is 43.5 Å². The van der Waals surface area contributed by atoms with Crippen molar-refractivity contribution < 1.29 is 9.59 Å². The smallest absolute Gasteiger partial charge is 0.257 e. The lowest BCUT2D eigenvalue weighted by Gasteiger charge is -2.13. The summed E-state index contributed by atoms with van der Waals surface area (Å²) in [5, 5.41) is 10.9. The summed E-state index contributed by atoms with van der Waals surface area (Å²) in [6.45, 7) is 7.82. The summed E-state index contributed by atoms with van der Waals surface area (Å²) in [5.74, 6) is -0.625. The summed E-state index contributed by atoms with van der Waals surface area (Å²) in [7, 11) is 0. The number of fused-ring (bicyclic) bond motifs is 1. The maximum absolute atomic E-state index is 13.1. The second-order valence-electron chi connectivity index (χ2n) is 8.04. The molecule has 0 spiro atoms. The quantitative estimate of drug-likeness (QED) is 0.462. The fraction of sp³-hybridized carbons (Fsp3) is 0.200. The third-order valence-corrected chi connectivity index (χ3v) is 5.19. The lowest BCUT2D eigenvalue weighted by atomic mass is 10.1. The maximum Gasteiger partial charge on any atom is 0.257 e. The molecule has 2 N–H and O–H groups in total. The van der Waals surface area contributed by atoms with Crippen molar-refractivity contribution in [3.05, 3.63) is 83.2 Å². The van der Waals surface area contributed by atoms with Crippen LogP contribution in [0.25, 0.3) is 11.0 Å². The number of anilines is 2. The van der Waals surface area contributed by atoms with Gasteiger partial charge in [0.25, 0.3) is 11.8 Å². The number of aryl methyl sites for hydroxylation is 2. The van der Waals surface area contributed by atoms with Crippen LogP contribution in [0.2, 0.25) is 0 Å². The molecular formula is C25H25N5O2. The lowest BCUT2D eigenvalue weighted by Crippen LogP contribution is -2.19. The van der Waals surface area contributed by atoms with Crippen LogP contribution in [-0.2, 0) is 0 Å². The molecule has 7 nitrogen and oxygen atoms in total. The van der Waals surface area contributed by atoms with Gasteiger partial charge in [0, 0.05) is 17.1 Å². The largest absolute Gasteiger partial charge is 0.322 e. The number of pyridine rings is 1. The Hall–Kier alpha value is -4.00. The standard InChI is InChI=1S/C25H25N5O2/c1-15(2)30-23-18(14-26-30)13-21(17(4)27-23)25(32)29-22-11-6-5-10-20(22)24(31)28-19-9-7-8-16(3)12-19/h5-15H,1-4H3,(H,28,31)(H,29,32). The number of hydrogen-bond donors (Lipinski definition) is 2. The van der Waals surface area contributed by atoms with Crippen molar-refractivity contribution in [1.82, 2.24) is 14.8 Å². The van der Waals surface area contributed by atoms with Crippen LogP contribution in [0.5, 0.6) is 0 Å². The molecule has 7 heteroatoms. The fourth-order valence-corrected chi connectivity index (χ4v) is 3.57. The number of rotatable bonds is 5. The zero-order valence-electron chi connectivity index (χ0n) is 18.5. The Morgan fingerprint density at radius 3 is 2.41 bits per heavy atom. The molecule has 4 rings (SSSR count). The van der Waals surface area contributed by atoms with E-state index >= 15 is 0 Å². The number of aromatic nitrogens is 3. The van der Waals surface area contributed by atoms with E-state index in [1.807, 2.05) is 49.7 Å². The molecule has 32 heavy (non-hydrogen) atoms. The molecule has 0 unspecified atom stereocenters. The van der Waals surface area contributed by atoms with Crippen LogP contribution in [0.4, 0.5) is 11.4 Å². The van der Waals surface area contributed by atoms with Crippen molar-refractivity contribution >= 4 is 34.2 Å². The molecule has 0 aliphatic heterocycles. The van der Waals surface area contributed by atoms with Gasteiger partial charge in [0.05, 0.1) is 28.7 Å². The summed E-state index contributed by atoms with van der Waals surface area (Å²) in [5.41, 5.74) is 4.33. The van der Waals surface area contributed by atoms with E-state index in [9.17, 15) is 9.59 Å². The number of para-hydroxylation sites is 1. The first-order valence-corrected chi connectivity index (χ1v) is 10.5. The lowest BCUT2D eigenvalue weighted by molar-refractivity contribution is 0.102. The Balaban J connectivity index is 1.60. The molecule has 0 aliphatic rings. The Labute approximate surface area is 186 Å². The number of carbonyl (C=O) groups excluding carboxylic acids is 2. The number of nitrogens with one attached hydrogen (secondary N) is 2. The highest BCUT2D eigenvalue weighted by Gasteiger charge is 2.18. The van der Waals surface area contributed by atoms with E-state index in [-0.39, 0.29) is 17.9 Å². The van der Waals surface area contributed by atoms with Gasteiger partial charge in [0.1, 0.15) is 0 Å². The van der Waals surface area contributed by atoms with Crippen LogP contribution in [0.1, 0.15) is 51.9 Å². The maximum atomic E-state index is 13.1.